The fourth-order valence-electron chi connectivity index (χ4n) is 2.71. The molecule has 1 aliphatic carbocycles. The zero-order valence-corrected chi connectivity index (χ0v) is 8.59. The minimum atomic E-state index is 0.483. The Labute approximate surface area is 81.0 Å². The fraction of sp³-hybridized carbons (Fsp3) is 1.00. The van der Waals surface area contributed by atoms with Crippen LogP contribution >= 0.6 is 0 Å². The fourth-order valence-corrected chi connectivity index (χ4v) is 2.71. The number of hydrogen-bond acceptors (Lipinski definition) is 2. The summed E-state index contributed by atoms with van der Waals surface area (Å²) < 4.78 is 5.79. The van der Waals surface area contributed by atoms with E-state index in [9.17, 15) is 0 Å². The van der Waals surface area contributed by atoms with Gasteiger partial charge in [-0.15, -0.1) is 0 Å². The quantitative estimate of drug-likeness (QED) is 0.705. The molecule has 0 amide bonds. The van der Waals surface area contributed by atoms with Crippen LogP contribution in [0.15, 0.2) is 0 Å². The summed E-state index contributed by atoms with van der Waals surface area (Å²) >= 11 is 0. The summed E-state index contributed by atoms with van der Waals surface area (Å²) in [6.45, 7) is 5.38. The molecule has 1 N–H and O–H groups in total. The van der Waals surface area contributed by atoms with Gasteiger partial charge in [0.1, 0.15) is 0 Å². The maximum absolute atomic E-state index is 5.79. The predicted molar refractivity (Wildman–Crippen MR) is 53.7 cm³/mol. The number of nitrogens with one attached hydrogen (secondary N) is 1. The lowest BCUT2D eigenvalue weighted by molar-refractivity contribution is -0.0199. The Morgan fingerprint density at radius 2 is 2.08 bits per heavy atom. The van der Waals surface area contributed by atoms with Crippen molar-refractivity contribution in [3.05, 3.63) is 0 Å². The van der Waals surface area contributed by atoms with Crippen molar-refractivity contribution in [2.75, 3.05) is 19.7 Å². The second kappa shape index (κ2) is 4.43. The van der Waals surface area contributed by atoms with E-state index in [2.05, 4.69) is 12.2 Å². The molecule has 2 atom stereocenters. The maximum Gasteiger partial charge on any atom is 0.0728 e. The summed E-state index contributed by atoms with van der Waals surface area (Å²) in [5.74, 6) is 1.69. The van der Waals surface area contributed by atoms with E-state index >= 15 is 0 Å². The summed E-state index contributed by atoms with van der Waals surface area (Å²) in [6, 6.07) is 0. The Balaban J connectivity index is 1.83. The van der Waals surface area contributed by atoms with Gasteiger partial charge in [-0.25, -0.2) is 0 Å². The molecule has 1 heterocycles. The Morgan fingerprint density at radius 1 is 1.31 bits per heavy atom. The van der Waals surface area contributed by atoms with Gasteiger partial charge in [-0.05, 0) is 11.8 Å². The largest absolute Gasteiger partial charge is 0.375 e. The van der Waals surface area contributed by atoms with Gasteiger partial charge < -0.3 is 10.1 Å². The Bertz CT molecular complexity index is 148. The van der Waals surface area contributed by atoms with Crippen LogP contribution in [0.1, 0.15) is 32.6 Å². The lowest BCUT2D eigenvalue weighted by Crippen LogP contribution is -2.43. The Hall–Kier alpha value is -0.0800. The third-order valence-corrected chi connectivity index (χ3v) is 3.69. The van der Waals surface area contributed by atoms with Crippen LogP contribution < -0.4 is 5.32 Å². The second-order valence-electron chi connectivity index (χ2n) is 4.52. The van der Waals surface area contributed by atoms with Crippen LogP contribution in [-0.4, -0.2) is 25.8 Å². The summed E-state index contributed by atoms with van der Waals surface area (Å²) in [5, 5.41) is 3.41. The van der Waals surface area contributed by atoms with Gasteiger partial charge in [-0.1, -0.05) is 32.6 Å². The normalized spacial score (nSPS) is 33.5. The van der Waals surface area contributed by atoms with Crippen LogP contribution in [0.4, 0.5) is 0 Å². The number of ether oxygens (including phenoxy) is 1. The smallest absolute Gasteiger partial charge is 0.0728 e. The van der Waals surface area contributed by atoms with E-state index in [1.165, 1.54) is 25.7 Å². The van der Waals surface area contributed by atoms with E-state index in [0.29, 0.717) is 6.10 Å². The molecule has 76 valence electrons. The predicted octanol–water partition coefficient (Wildman–Crippen LogP) is 1.80. The molecule has 2 fully saturated rings. The van der Waals surface area contributed by atoms with Gasteiger partial charge in [0.05, 0.1) is 12.7 Å². The van der Waals surface area contributed by atoms with Crippen molar-refractivity contribution >= 4 is 0 Å². The van der Waals surface area contributed by atoms with Crippen LogP contribution in [0.3, 0.4) is 0 Å². The molecule has 0 spiro atoms. The van der Waals surface area contributed by atoms with Gasteiger partial charge in [0.25, 0.3) is 0 Å². The Kier molecular flexibility index (Phi) is 3.23. The van der Waals surface area contributed by atoms with Gasteiger partial charge in [-0.3, -0.25) is 0 Å². The monoisotopic (exact) mass is 183 g/mol. The van der Waals surface area contributed by atoms with E-state index in [4.69, 9.17) is 4.74 Å². The third kappa shape index (κ3) is 2.23. The van der Waals surface area contributed by atoms with Crippen molar-refractivity contribution in [1.82, 2.24) is 5.32 Å². The van der Waals surface area contributed by atoms with Gasteiger partial charge >= 0.3 is 0 Å². The van der Waals surface area contributed by atoms with Crippen LogP contribution in [0.5, 0.6) is 0 Å². The minimum absolute atomic E-state index is 0.483. The van der Waals surface area contributed by atoms with Crippen molar-refractivity contribution < 1.29 is 4.74 Å². The van der Waals surface area contributed by atoms with Gasteiger partial charge in [-0.2, -0.15) is 0 Å². The SMILES string of the molecule is CC(C1CCCC1)C1CNCCO1. The molecule has 13 heavy (non-hydrogen) atoms. The highest BCUT2D eigenvalue weighted by Crippen LogP contribution is 2.33. The average Bonchev–Trinajstić information content (AvgIpc) is 2.71. The molecule has 2 aliphatic rings. The molecule has 1 saturated heterocycles. The van der Waals surface area contributed by atoms with E-state index in [1.54, 1.807) is 0 Å². The lowest BCUT2D eigenvalue weighted by Gasteiger charge is -2.32. The van der Waals surface area contributed by atoms with Crippen LogP contribution in [0.2, 0.25) is 0 Å². The first-order chi connectivity index (χ1) is 6.38. The molecule has 2 nitrogen and oxygen atoms in total. The van der Waals surface area contributed by atoms with Crippen molar-refractivity contribution in [2.45, 2.75) is 38.7 Å². The second-order valence-corrected chi connectivity index (χ2v) is 4.52. The Morgan fingerprint density at radius 3 is 2.69 bits per heavy atom. The molecule has 0 aromatic carbocycles. The van der Waals surface area contributed by atoms with Gasteiger partial charge in [0.2, 0.25) is 0 Å². The van der Waals surface area contributed by atoms with Crippen LogP contribution in [0, 0.1) is 11.8 Å². The number of rotatable bonds is 2. The van der Waals surface area contributed by atoms with Crippen molar-refractivity contribution in [2.24, 2.45) is 11.8 Å². The van der Waals surface area contributed by atoms with E-state index in [0.717, 1.165) is 31.5 Å². The first kappa shape index (κ1) is 9.47. The molecule has 1 aliphatic heterocycles. The summed E-state index contributed by atoms with van der Waals surface area (Å²) in [6.07, 6.45) is 6.23. The zero-order chi connectivity index (χ0) is 9.10. The maximum atomic E-state index is 5.79. The first-order valence-corrected chi connectivity index (χ1v) is 5.70. The molecule has 2 heteroatoms. The molecule has 0 radical (unpaired) electrons. The highest BCUT2D eigenvalue weighted by atomic mass is 16.5. The molecular formula is C11H21NO. The summed E-state index contributed by atoms with van der Waals surface area (Å²) in [7, 11) is 0. The van der Waals surface area contributed by atoms with E-state index in [-0.39, 0.29) is 0 Å². The molecule has 2 unspecified atom stereocenters. The average molecular weight is 183 g/mol. The number of hydrogen-bond donors (Lipinski definition) is 1. The third-order valence-electron chi connectivity index (χ3n) is 3.69. The standard InChI is InChI=1S/C11H21NO/c1-9(10-4-2-3-5-10)11-8-12-6-7-13-11/h9-12H,2-8H2,1H3. The minimum Gasteiger partial charge on any atom is -0.375 e. The topological polar surface area (TPSA) is 21.3 Å². The lowest BCUT2D eigenvalue weighted by atomic mass is 9.87. The van der Waals surface area contributed by atoms with Crippen LogP contribution in [-0.2, 0) is 4.74 Å². The number of morpholine rings is 1. The van der Waals surface area contributed by atoms with Crippen LogP contribution in [0.25, 0.3) is 0 Å². The van der Waals surface area contributed by atoms with Crippen molar-refractivity contribution in [3.8, 4) is 0 Å². The molecule has 0 aromatic heterocycles. The van der Waals surface area contributed by atoms with E-state index in [1.807, 2.05) is 0 Å². The van der Waals surface area contributed by atoms with Gasteiger partial charge in [0, 0.05) is 13.1 Å². The molecule has 0 bridgehead atoms. The van der Waals surface area contributed by atoms with Crippen molar-refractivity contribution in [3.63, 3.8) is 0 Å². The molecule has 2 rings (SSSR count). The molecular weight excluding hydrogens is 162 g/mol. The molecule has 0 aromatic rings. The highest BCUT2D eigenvalue weighted by Gasteiger charge is 2.29. The summed E-state index contributed by atoms with van der Waals surface area (Å²) in [5.41, 5.74) is 0. The van der Waals surface area contributed by atoms with Gasteiger partial charge in [0.15, 0.2) is 0 Å². The highest BCUT2D eigenvalue weighted by molar-refractivity contribution is 4.81. The van der Waals surface area contributed by atoms with Crippen molar-refractivity contribution in [1.29, 1.82) is 0 Å². The summed E-state index contributed by atoms with van der Waals surface area (Å²) in [4.78, 5) is 0. The van der Waals surface area contributed by atoms with E-state index < -0.39 is 0 Å². The molecule has 1 saturated carbocycles. The zero-order valence-electron chi connectivity index (χ0n) is 8.59. The first-order valence-electron chi connectivity index (χ1n) is 5.70.